The van der Waals surface area contributed by atoms with E-state index in [0.717, 1.165) is 5.69 Å². The maximum Gasteiger partial charge on any atom is 0.338 e. The summed E-state index contributed by atoms with van der Waals surface area (Å²) in [6.45, 7) is 3.61. The van der Waals surface area contributed by atoms with Crippen LogP contribution in [0.1, 0.15) is 40.4 Å². The monoisotopic (exact) mass is 593 g/mol. The van der Waals surface area contributed by atoms with Crippen LogP contribution in [-0.2, 0) is 16.1 Å². The Hall–Kier alpha value is -4.35. The molecule has 0 bridgehead atoms. The molecule has 1 heterocycles. The smallest absolute Gasteiger partial charge is 0.338 e. The predicted molar refractivity (Wildman–Crippen MR) is 157 cm³/mol. The highest BCUT2D eigenvalue weighted by Crippen LogP contribution is 2.26. The van der Waals surface area contributed by atoms with Gasteiger partial charge in [-0.1, -0.05) is 41.6 Å². The molecule has 4 aromatic rings. The molecule has 0 saturated carbocycles. The molecular weight excluding hydrogens is 566 g/mol. The lowest BCUT2D eigenvalue weighted by molar-refractivity contribution is -0.113. The zero-order valence-corrected chi connectivity index (χ0v) is 24.2. The van der Waals surface area contributed by atoms with Crippen molar-refractivity contribution in [1.29, 1.82) is 0 Å². The number of para-hydroxylation sites is 1. The number of methoxy groups -OCH3 is 1. The van der Waals surface area contributed by atoms with Crippen LogP contribution in [0.15, 0.2) is 78.0 Å². The number of hydrogen-bond donors (Lipinski definition) is 2. The average molecular weight is 594 g/mol. The van der Waals surface area contributed by atoms with Gasteiger partial charge in [0.25, 0.3) is 5.91 Å². The van der Waals surface area contributed by atoms with Gasteiger partial charge in [0, 0.05) is 11.3 Å². The van der Waals surface area contributed by atoms with E-state index in [0.29, 0.717) is 28.0 Å². The average Bonchev–Trinajstić information content (AvgIpc) is 3.38. The third kappa shape index (κ3) is 7.86. The summed E-state index contributed by atoms with van der Waals surface area (Å²) in [5.41, 5.74) is 1.81. The van der Waals surface area contributed by atoms with Crippen molar-refractivity contribution in [2.45, 2.75) is 31.7 Å². The molecule has 0 unspecified atom stereocenters. The minimum absolute atomic E-state index is 0.0137. The van der Waals surface area contributed by atoms with Gasteiger partial charge >= 0.3 is 5.97 Å². The Balaban J connectivity index is 1.46. The number of anilines is 1. The Morgan fingerprint density at radius 3 is 2.37 bits per heavy atom. The molecule has 212 valence electrons. The number of amides is 2. The van der Waals surface area contributed by atoms with E-state index >= 15 is 0 Å². The SMILES string of the molecule is COc1ccc(C(=O)NCc2nnc(SCC(=O)Nc3cc(C(=O)OC(C)C)ccc3Cl)n2-c2ccccc2)cc1. The molecule has 41 heavy (non-hydrogen) atoms. The molecule has 1 aromatic heterocycles. The zero-order valence-electron chi connectivity index (χ0n) is 22.6. The van der Waals surface area contributed by atoms with Crippen molar-refractivity contribution in [3.63, 3.8) is 0 Å². The van der Waals surface area contributed by atoms with Crippen LogP contribution in [0.5, 0.6) is 5.75 Å². The predicted octanol–water partition coefficient (Wildman–Crippen LogP) is 5.16. The standard InChI is InChI=1S/C29H28ClN5O5S/c1-18(2)40-28(38)20-11-14-23(30)24(15-20)32-26(36)17-41-29-34-33-25(35(29)21-7-5-4-6-8-21)16-31-27(37)19-9-12-22(39-3)13-10-19/h4-15,18H,16-17H2,1-3H3,(H,31,37)(H,32,36). The van der Waals surface area contributed by atoms with Gasteiger partial charge in [0.1, 0.15) is 5.75 Å². The van der Waals surface area contributed by atoms with Crippen molar-refractivity contribution < 1.29 is 23.9 Å². The Kier molecular flexibility index (Phi) is 9.99. The van der Waals surface area contributed by atoms with Gasteiger partial charge in [-0.25, -0.2) is 4.79 Å². The molecule has 0 saturated heterocycles. The maximum atomic E-state index is 12.8. The molecule has 10 nitrogen and oxygen atoms in total. The van der Waals surface area contributed by atoms with Crippen molar-refractivity contribution in [3.05, 3.63) is 94.8 Å². The van der Waals surface area contributed by atoms with Gasteiger partial charge in [0.15, 0.2) is 11.0 Å². The van der Waals surface area contributed by atoms with Crippen LogP contribution in [0.2, 0.25) is 5.02 Å². The molecule has 0 aliphatic rings. The van der Waals surface area contributed by atoms with Gasteiger partial charge in [-0.15, -0.1) is 10.2 Å². The number of carbonyl (C=O) groups excluding carboxylic acids is 3. The summed E-state index contributed by atoms with van der Waals surface area (Å²) in [7, 11) is 1.56. The van der Waals surface area contributed by atoms with Crippen molar-refractivity contribution in [2.75, 3.05) is 18.2 Å². The molecule has 3 aromatic carbocycles. The molecule has 0 spiro atoms. The van der Waals surface area contributed by atoms with E-state index in [2.05, 4.69) is 20.8 Å². The lowest BCUT2D eigenvalue weighted by Gasteiger charge is -2.12. The van der Waals surface area contributed by atoms with Crippen LogP contribution in [-0.4, -0.2) is 51.5 Å². The highest BCUT2D eigenvalue weighted by molar-refractivity contribution is 7.99. The summed E-state index contributed by atoms with van der Waals surface area (Å²) in [5.74, 6) is -0.0205. The Morgan fingerprint density at radius 1 is 0.976 bits per heavy atom. The van der Waals surface area contributed by atoms with E-state index in [4.69, 9.17) is 21.1 Å². The number of nitrogens with one attached hydrogen (secondary N) is 2. The second kappa shape index (κ2) is 13.8. The van der Waals surface area contributed by atoms with Crippen LogP contribution in [0.4, 0.5) is 5.69 Å². The molecule has 0 aliphatic carbocycles. The molecule has 0 fully saturated rings. The first-order chi connectivity index (χ1) is 19.7. The third-order valence-electron chi connectivity index (χ3n) is 5.63. The molecule has 0 aliphatic heterocycles. The van der Waals surface area contributed by atoms with Crippen LogP contribution in [0, 0.1) is 0 Å². The topological polar surface area (TPSA) is 124 Å². The van der Waals surface area contributed by atoms with Gasteiger partial charge in [0.05, 0.1) is 41.8 Å². The van der Waals surface area contributed by atoms with Gasteiger partial charge in [-0.2, -0.15) is 0 Å². The summed E-state index contributed by atoms with van der Waals surface area (Å²) >= 11 is 7.42. The summed E-state index contributed by atoms with van der Waals surface area (Å²) in [4.78, 5) is 37.8. The Labute approximate surface area is 246 Å². The lowest BCUT2D eigenvalue weighted by atomic mass is 10.2. The first-order valence-electron chi connectivity index (χ1n) is 12.6. The molecule has 2 N–H and O–H groups in total. The summed E-state index contributed by atoms with van der Waals surface area (Å²) in [5, 5.41) is 14.9. The second-order valence-electron chi connectivity index (χ2n) is 8.97. The minimum atomic E-state index is -0.510. The number of thioether (sulfide) groups is 1. The van der Waals surface area contributed by atoms with Crippen molar-refractivity contribution in [2.24, 2.45) is 0 Å². The molecule has 4 rings (SSSR count). The van der Waals surface area contributed by atoms with E-state index in [1.165, 1.54) is 30.0 Å². The summed E-state index contributed by atoms with van der Waals surface area (Å²) < 4.78 is 12.1. The number of aromatic nitrogens is 3. The number of hydrogen-bond acceptors (Lipinski definition) is 8. The summed E-state index contributed by atoms with van der Waals surface area (Å²) in [6, 6.07) is 20.7. The number of carbonyl (C=O) groups is 3. The second-order valence-corrected chi connectivity index (χ2v) is 10.3. The van der Waals surface area contributed by atoms with Crippen LogP contribution in [0.25, 0.3) is 5.69 Å². The normalized spacial score (nSPS) is 10.8. The molecule has 0 radical (unpaired) electrons. The number of halogens is 1. The third-order valence-corrected chi connectivity index (χ3v) is 6.88. The first kappa shape index (κ1) is 29.6. The quantitative estimate of drug-likeness (QED) is 0.181. The molecule has 2 amide bonds. The number of ether oxygens (including phenoxy) is 2. The highest BCUT2D eigenvalue weighted by atomic mass is 35.5. The largest absolute Gasteiger partial charge is 0.497 e. The van der Waals surface area contributed by atoms with Gasteiger partial charge in [-0.05, 0) is 68.4 Å². The maximum absolute atomic E-state index is 12.8. The van der Waals surface area contributed by atoms with Crippen molar-refractivity contribution >= 4 is 46.8 Å². The van der Waals surface area contributed by atoms with Crippen molar-refractivity contribution in [1.82, 2.24) is 20.1 Å². The van der Waals surface area contributed by atoms with Gasteiger partial charge in [0.2, 0.25) is 5.91 Å². The molecule has 12 heteroatoms. The fraction of sp³-hybridized carbons (Fsp3) is 0.207. The van der Waals surface area contributed by atoms with E-state index in [1.807, 2.05) is 30.3 Å². The highest BCUT2D eigenvalue weighted by Gasteiger charge is 2.18. The van der Waals surface area contributed by atoms with Crippen LogP contribution < -0.4 is 15.4 Å². The number of rotatable bonds is 11. The van der Waals surface area contributed by atoms with Crippen molar-refractivity contribution in [3.8, 4) is 11.4 Å². The minimum Gasteiger partial charge on any atom is -0.497 e. The van der Waals surface area contributed by atoms with E-state index in [-0.39, 0.29) is 40.8 Å². The zero-order chi connectivity index (χ0) is 29.4. The van der Waals surface area contributed by atoms with Gasteiger partial charge < -0.3 is 20.1 Å². The fourth-order valence-corrected chi connectivity index (χ4v) is 4.63. The summed E-state index contributed by atoms with van der Waals surface area (Å²) in [6.07, 6.45) is -0.282. The fourth-order valence-electron chi connectivity index (χ4n) is 3.70. The van der Waals surface area contributed by atoms with Gasteiger partial charge in [-0.3, -0.25) is 14.2 Å². The van der Waals surface area contributed by atoms with Crippen LogP contribution >= 0.6 is 23.4 Å². The van der Waals surface area contributed by atoms with E-state index in [9.17, 15) is 14.4 Å². The number of nitrogens with zero attached hydrogens (tertiary/aromatic N) is 3. The Morgan fingerprint density at radius 2 is 1.68 bits per heavy atom. The lowest BCUT2D eigenvalue weighted by Crippen LogP contribution is -2.24. The van der Waals surface area contributed by atoms with E-state index in [1.54, 1.807) is 49.8 Å². The molecular formula is C29H28ClN5O5S. The van der Waals surface area contributed by atoms with Crippen LogP contribution in [0.3, 0.4) is 0 Å². The number of benzene rings is 3. The number of esters is 1. The molecule has 0 atom stereocenters. The van der Waals surface area contributed by atoms with E-state index < -0.39 is 5.97 Å². The Bertz CT molecular complexity index is 1530. The first-order valence-corrected chi connectivity index (χ1v) is 14.0.